The van der Waals surface area contributed by atoms with Crippen LogP contribution in [-0.2, 0) is 0 Å². The number of rotatable bonds is 4. The second-order valence-electron chi connectivity index (χ2n) is 5.20. The van der Waals surface area contributed by atoms with Gasteiger partial charge in [0.1, 0.15) is 5.82 Å². The first-order valence-corrected chi connectivity index (χ1v) is 7.22. The van der Waals surface area contributed by atoms with Crippen molar-refractivity contribution in [3.8, 4) is 0 Å². The standard InChI is InChI=1S/C15H22FN3O/c1-2-19(11-7-4-3-5-8-11)13-10-6-9-12(16)14(13)15(17)18-20/h6,9-11,20H,2-5,7-8H2,1H3,(H2,17,18). The Balaban J connectivity index is 2.41. The number of nitrogens with two attached hydrogens (primary N) is 1. The maximum absolute atomic E-state index is 14.1. The van der Waals surface area contributed by atoms with Crippen LogP contribution in [0.2, 0.25) is 0 Å². The second kappa shape index (κ2) is 6.59. The largest absolute Gasteiger partial charge is 0.409 e. The van der Waals surface area contributed by atoms with E-state index in [9.17, 15) is 4.39 Å². The maximum atomic E-state index is 14.1. The molecule has 0 aromatic heterocycles. The van der Waals surface area contributed by atoms with Crippen LogP contribution in [-0.4, -0.2) is 23.6 Å². The first-order chi connectivity index (χ1) is 9.69. The first-order valence-electron chi connectivity index (χ1n) is 7.22. The molecule has 20 heavy (non-hydrogen) atoms. The summed E-state index contributed by atoms with van der Waals surface area (Å²) in [5.74, 6) is -0.626. The third-order valence-corrected chi connectivity index (χ3v) is 4.02. The lowest BCUT2D eigenvalue weighted by atomic mass is 9.93. The second-order valence-corrected chi connectivity index (χ2v) is 5.20. The van der Waals surface area contributed by atoms with E-state index in [1.807, 2.05) is 6.07 Å². The van der Waals surface area contributed by atoms with Crippen molar-refractivity contribution in [3.05, 3.63) is 29.6 Å². The highest BCUT2D eigenvalue weighted by Crippen LogP contribution is 2.30. The zero-order chi connectivity index (χ0) is 14.5. The fourth-order valence-electron chi connectivity index (χ4n) is 3.07. The van der Waals surface area contributed by atoms with Crippen LogP contribution in [0.1, 0.15) is 44.6 Å². The smallest absolute Gasteiger partial charge is 0.175 e. The molecule has 0 spiro atoms. The molecule has 1 saturated carbocycles. The lowest BCUT2D eigenvalue weighted by Gasteiger charge is -2.36. The molecule has 0 aliphatic heterocycles. The van der Waals surface area contributed by atoms with Crippen molar-refractivity contribution in [1.29, 1.82) is 0 Å². The molecule has 110 valence electrons. The third kappa shape index (κ3) is 2.86. The van der Waals surface area contributed by atoms with Gasteiger partial charge in [0.25, 0.3) is 0 Å². The van der Waals surface area contributed by atoms with E-state index >= 15 is 0 Å². The van der Waals surface area contributed by atoms with Gasteiger partial charge in [-0.15, -0.1) is 0 Å². The summed E-state index contributed by atoms with van der Waals surface area (Å²) in [5, 5.41) is 11.8. The molecule has 0 saturated heterocycles. The van der Waals surface area contributed by atoms with Gasteiger partial charge in [0.2, 0.25) is 0 Å². The van der Waals surface area contributed by atoms with E-state index < -0.39 is 5.82 Å². The molecule has 1 aliphatic carbocycles. The van der Waals surface area contributed by atoms with E-state index in [-0.39, 0.29) is 11.4 Å². The highest BCUT2D eigenvalue weighted by atomic mass is 19.1. The molecule has 1 aromatic carbocycles. The molecular formula is C15H22FN3O. The normalized spacial score (nSPS) is 17.2. The van der Waals surface area contributed by atoms with Gasteiger partial charge >= 0.3 is 0 Å². The van der Waals surface area contributed by atoms with Gasteiger partial charge in [0.05, 0.1) is 11.3 Å². The Morgan fingerprint density at radius 2 is 2.10 bits per heavy atom. The average molecular weight is 279 g/mol. The zero-order valence-corrected chi connectivity index (χ0v) is 11.8. The summed E-state index contributed by atoms with van der Waals surface area (Å²) in [7, 11) is 0. The number of anilines is 1. The van der Waals surface area contributed by atoms with Gasteiger partial charge in [-0.1, -0.05) is 30.5 Å². The average Bonchev–Trinajstić information content (AvgIpc) is 2.48. The molecule has 4 nitrogen and oxygen atoms in total. The summed E-state index contributed by atoms with van der Waals surface area (Å²) < 4.78 is 14.1. The number of nitrogens with zero attached hydrogens (tertiary/aromatic N) is 2. The minimum absolute atomic E-state index is 0.174. The van der Waals surface area contributed by atoms with E-state index in [1.54, 1.807) is 6.07 Å². The molecular weight excluding hydrogens is 257 g/mol. The number of halogens is 1. The lowest BCUT2D eigenvalue weighted by molar-refractivity contribution is 0.318. The summed E-state index contributed by atoms with van der Waals surface area (Å²) in [6.07, 6.45) is 5.90. The predicted molar refractivity (Wildman–Crippen MR) is 78.8 cm³/mol. The Bertz CT molecular complexity index is 484. The van der Waals surface area contributed by atoms with Crippen molar-refractivity contribution >= 4 is 11.5 Å². The molecule has 0 atom stereocenters. The molecule has 0 unspecified atom stereocenters. The summed E-state index contributed by atoms with van der Waals surface area (Å²) in [5.41, 5.74) is 6.57. The number of hydrogen-bond acceptors (Lipinski definition) is 3. The fraction of sp³-hybridized carbons (Fsp3) is 0.533. The van der Waals surface area contributed by atoms with Gasteiger partial charge in [0.15, 0.2) is 5.84 Å². The third-order valence-electron chi connectivity index (χ3n) is 4.02. The van der Waals surface area contributed by atoms with Crippen LogP contribution in [0.3, 0.4) is 0 Å². The van der Waals surface area contributed by atoms with Crippen molar-refractivity contribution in [2.45, 2.75) is 45.1 Å². The van der Waals surface area contributed by atoms with Crippen LogP contribution in [0.4, 0.5) is 10.1 Å². The quantitative estimate of drug-likeness (QED) is 0.385. The number of amidine groups is 1. The van der Waals surface area contributed by atoms with E-state index in [1.165, 1.54) is 25.3 Å². The maximum Gasteiger partial charge on any atom is 0.175 e. The Labute approximate surface area is 119 Å². The Kier molecular flexibility index (Phi) is 4.82. The number of oxime groups is 1. The van der Waals surface area contributed by atoms with E-state index in [2.05, 4.69) is 17.0 Å². The van der Waals surface area contributed by atoms with Crippen LogP contribution in [0.5, 0.6) is 0 Å². The van der Waals surface area contributed by atoms with Gasteiger partial charge < -0.3 is 15.8 Å². The Morgan fingerprint density at radius 1 is 1.40 bits per heavy atom. The van der Waals surface area contributed by atoms with E-state index in [0.29, 0.717) is 6.04 Å². The highest BCUT2D eigenvalue weighted by Gasteiger charge is 2.24. The summed E-state index contributed by atoms with van der Waals surface area (Å²) >= 11 is 0. The van der Waals surface area contributed by atoms with Crippen molar-refractivity contribution in [1.82, 2.24) is 0 Å². The van der Waals surface area contributed by atoms with Crippen LogP contribution >= 0.6 is 0 Å². The lowest BCUT2D eigenvalue weighted by Crippen LogP contribution is -2.38. The Morgan fingerprint density at radius 3 is 2.70 bits per heavy atom. The molecule has 3 N–H and O–H groups in total. The number of hydrogen-bond donors (Lipinski definition) is 2. The molecule has 5 heteroatoms. The predicted octanol–water partition coefficient (Wildman–Crippen LogP) is 3.08. The van der Waals surface area contributed by atoms with Gasteiger partial charge in [-0.25, -0.2) is 4.39 Å². The highest BCUT2D eigenvalue weighted by molar-refractivity contribution is 6.02. The van der Waals surface area contributed by atoms with Gasteiger partial charge in [-0.05, 0) is 31.9 Å². The van der Waals surface area contributed by atoms with E-state index in [4.69, 9.17) is 10.9 Å². The first kappa shape index (κ1) is 14.6. The molecule has 1 aliphatic rings. The monoisotopic (exact) mass is 279 g/mol. The summed E-state index contributed by atoms with van der Waals surface area (Å²) in [6, 6.07) is 5.26. The molecule has 2 rings (SSSR count). The van der Waals surface area contributed by atoms with Gasteiger partial charge in [0, 0.05) is 12.6 Å². The number of benzene rings is 1. The Hall–Kier alpha value is -1.78. The van der Waals surface area contributed by atoms with Crippen molar-refractivity contribution in [3.63, 3.8) is 0 Å². The van der Waals surface area contributed by atoms with Crippen LogP contribution in [0.25, 0.3) is 0 Å². The minimum Gasteiger partial charge on any atom is -0.409 e. The van der Waals surface area contributed by atoms with Crippen molar-refractivity contribution in [2.24, 2.45) is 10.9 Å². The molecule has 1 aromatic rings. The van der Waals surface area contributed by atoms with Gasteiger partial charge in [-0.2, -0.15) is 0 Å². The topological polar surface area (TPSA) is 61.8 Å². The van der Waals surface area contributed by atoms with Crippen LogP contribution in [0, 0.1) is 5.82 Å². The van der Waals surface area contributed by atoms with Crippen LogP contribution < -0.4 is 10.6 Å². The SMILES string of the molecule is CCN(c1cccc(F)c1C(N)=NO)C1CCCCC1. The minimum atomic E-state index is -0.452. The van der Waals surface area contributed by atoms with Crippen molar-refractivity contribution in [2.75, 3.05) is 11.4 Å². The summed E-state index contributed by atoms with van der Waals surface area (Å²) in [6.45, 7) is 2.83. The zero-order valence-electron chi connectivity index (χ0n) is 11.8. The van der Waals surface area contributed by atoms with Crippen LogP contribution in [0.15, 0.2) is 23.4 Å². The molecule has 0 bridgehead atoms. The van der Waals surface area contributed by atoms with Crippen molar-refractivity contribution < 1.29 is 9.60 Å². The summed E-state index contributed by atoms with van der Waals surface area (Å²) in [4.78, 5) is 2.18. The molecule has 1 fully saturated rings. The fourth-order valence-corrected chi connectivity index (χ4v) is 3.07. The molecule has 0 radical (unpaired) electrons. The molecule has 0 heterocycles. The van der Waals surface area contributed by atoms with E-state index in [0.717, 1.165) is 25.1 Å². The molecule has 0 amide bonds. The van der Waals surface area contributed by atoms with Gasteiger partial charge in [-0.3, -0.25) is 0 Å².